The molecule has 0 aliphatic carbocycles. The highest BCUT2D eigenvalue weighted by atomic mass is 32.2. The monoisotopic (exact) mass is 307 g/mol. The van der Waals surface area contributed by atoms with E-state index in [0.717, 1.165) is 17.3 Å². The van der Waals surface area contributed by atoms with E-state index in [1.807, 2.05) is 4.57 Å². The first-order valence-corrected chi connectivity index (χ1v) is 7.53. The minimum atomic E-state index is -0.884. The average molecular weight is 307 g/mol. The molecule has 0 saturated carbocycles. The van der Waals surface area contributed by atoms with Crippen LogP contribution in [0.3, 0.4) is 0 Å². The summed E-state index contributed by atoms with van der Waals surface area (Å²) in [5.41, 5.74) is 0.836. The molecule has 2 aromatic rings. The summed E-state index contributed by atoms with van der Waals surface area (Å²) in [6.07, 6.45) is 0. The minimum Gasteiger partial charge on any atom is -0.508 e. The van der Waals surface area contributed by atoms with E-state index in [4.69, 9.17) is 5.11 Å². The van der Waals surface area contributed by atoms with E-state index >= 15 is 0 Å². The Morgan fingerprint density at radius 1 is 1.29 bits per heavy atom. The van der Waals surface area contributed by atoms with Crippen LogP contribution in [0.1, 0.15) is 13.8 Å². The van der Waals surface area contributed by atoms with E-state index in [2.05, 4.69) is 24.0 Å². The van der Waals surface area contributed by atoms with Crippen molar-refractivity contribution in [1.29, 1.82) is 0 Å². The number of nitrogens with zero attached hydrogens (tertiary/aromatic N) is 3. The van der Waals surface area contributed by atoms with E-state index in [0.29, 0.717) is 23.4 Å². The van der Waals surface area contributed by atoms with Crippen molar-refractivity contribution in [3.8, 4) is 17.1 Å². The summed E-state index contributed by atoms with van der Waals surface area (Å²) >= 11 is 1.16. The summed E-state index contributed by atoms with van der Waals surface area (Å²) in [5.74, 6) is 0.309. The molecule has 1 aromatic carbocycles. The van der Waals surface area contributed by atoms with Crippen LogP contribution in [0.4, 0.5) is 0 Å². The van der Waals surface area contributed by atoms with Crippen LogP contribution >= 0.6 is 11.8 Å². The van der Waals surface area contributed by atoms with Gasteiger partial charge >= 0.3 is 5.97 Å². The Hall–Kier alpha value is -2.02. The number of rotatable bonds is 6. The van der Waals surface area contributed by atoms with Crippen molar-refractivity contribution in [3.05, 3.63) is 24.3 Å². The highest BCUT2D eigenvalue weighted by Gasteiger charge is 2.16. The lowest BCUT2D eigenvalue weighted by molar-refractivity contribution is -0.133. The third-order valence-corrected chi connectivity index (χ3v) is 3.67. The summed E-state index contributed by atoms with van der Waals surface area (Å²) < 4.78 is 1.92. The second kappa shape index (κ2) is 6.62. The van der Waals surface area contributed by atoms with Gasteiger partial charge in [-0.1, -0.05) is 25.6 Å². The van der Waals surface area contributed by atoms with Crippen LogP contribution < -0.4 is 0 Å². The molecule has 0 spiro atoms. The quantitative estimate of drug-likeness (QED) is 0.797. The molecule has 21 heavy (non-hydrogen) atoms. The van der Waals surface area contributed by atoms with Gasteiger partial charge in [-0.15, -0.1) is 10.2 Å². The Morgan fingerprint density at radius 2 is 1.95 bits per heavy atom. The van der Waals surface area contributed by atoms with Gasteiger partial charge in [0.25, 0.3) is 0 Å². The normalized spacial score (nSPS) is 11.0. The molecule has 0 saturated heterocycles. The fraction of sp³-hybridized carbons (Fsp3) is 0.357. The van der Waals surface area contributed by atoms with Crippen molar-refractivity contribution < 1.29 is 15.0 Å². The van der Waals surface area contributed by atoms with Crippen molar-refractivity contribution in [1.82, 2.24) is 14.8 Å². The molecule has 7 heteroatoms. The Bertz CT molecular complexity index is 623. The zero-order chi connectivity index (χ0) is 15.4. The van der Waals surface area contributed by atoms with Crippen molar-refractivity contribution in [2.45, 2.75) is 25.5 Å². The van der Waals surface area contributed by atoms with Gasteiger partial charge in [0.05, 0.1) is 5.75 Å². The van der Waals surface area contributed by atoms with Crippen LogP contribution in [0.25, 0.3) is 11.4 Å². The molecule has 2 N–H and O–H groups in total. The van der Waals surface area contributed by atoms with E-state index in [1.54, 1.807) is 24.3 Å². The number of carboxylic acids is 1. The predicted molar refractivity (Wildman–Crippen MR) is 80.3 cm³/mol. The molecule has 0 aliphatic rings. The Balaban J connectivity index is 2.35. The Labute approximate surface area is 126 Å². The van der Waals surface area contributed by atoms with Crippen molar-refractivity contribution in [2.75, 3.05) is 5.75 Å². The molecular weight excluding hydrogens is 290 g/mol. The first-order valence-electron chi connectivity index (χ1n) is 6.54. The van der Waals surface area contributed by atoms with Gasteiger partial charge in [0, 0.05) is 12.1 Å². The van der Waals surface area contributed by atoms with Crippen molar-refractivity contribution in [2.24, 2.45) is 5.92 Å². The number of aliphatic carboxylic acids is 1. The predicted octanol–water partition coefficient (Wildman–Crippen LogP) is 2.48. The lowest BCUT2D eigenvalue weighted by atomic mass is 10.2. The third-order valence-electron chi connectivity index (χ3n) is 2.71. The molecule has 0 radical (unpaired) electrons. The first kappa shape index (κ1) is 15.4. The van der Waals surface area contributed by atoms with E-state index in [9.17, 15) is 9.90 Å². The maximum absolute atomic E-state index is 10.7. The number of phenols is 1. The summed E-state index contributed by atoms with van der Waals surface area (Å²) in [4.78, 5) is 10.7. The Kier molecular flexibility index (Phi) is 4.85. The van der Waals surface area contributed by atoms with Crippen molar-refractivity contribution >= 4 is 17.7 Å². The van der Waals surface area contributed by atoms with E-state index < -0.39 is 5.97 Å². The number of carboxylic acid groups (broad SMARTS) is 1. The van der Waals surface area contributed by atoms with Gasteiger partial charge in [0.15, 0.2) is 11.0 Å². The number of aromatic hydroxyl groups is 1. The summed E-state index contributed by atoms with van der Waals surface area (Å²) in [7, 11) is 0. The molecule has 0 bridgehead atoms. The van der Waals surface area contributed by atoms with Crippen molar-refractivity contribution in [3.63, 3.8) is 0 Å². The molecule has 112 valence electrons. The van der Waals surface area contributed by atoms with Gasteiger partial charge < -0.3 is 14.8 Å². The van der Waals surface area contributed by atoms with Crippen LogP contribution in [0.15, 0.2) is 29.4 Å². The Morgan fingerprint density at radius 3 is 2.52 bits per heavy atom. The lowest BCUT2D eigenvalue weighted by Crippen LogP contribution is -2.09. The molecule has 6 nitrogen and oxygen atoms in total. The number of carbonyl (C=O) groups is 1. The highest BCUT2D eigenvalue weighted by Crippen LogP contribution is 2.26. The maximum atomic E-state index is 10.7. The van der Waals surface area contributed by atoms with Gasteiger partial charge in [-0.25, -0.2) is 0 Å². The van der Waals surface area contributed by atoms with Gasteiger partial charge in [0.1, 0.15) is 5.75 Å². The lowest BCUT2D eigenvalue weighted by Gasteiger charge is -2.12. The number of aromatic nitrogens is 3. The van der Waals surface area contributed by atoms with Crippen LogP contribution in [-0.2, 0) is 11.3 Å². The second-order valence-corrected chi connectivity index (χ2v) is 5.98. The van der Waals surface area contributed by atoms with Crippen LogP contribution in [-0.4, -0.2) is 36.7 Å². The van der Waals surface area contributed by atoms with Crippen LogP contribution in [0.2, 0.25) is 0 Å². The number of phenolic OH excluding ortho intramolecular Hbond substituents is 1. The average Bonchev–Trinajstić information content (AvgIpc) is 2.79. The van der Waals surface area contributed by atoms with Gasteiger partial charge in [-0.05, 0) is 30.2 Å². The summed E-state index contributed by atoms with van der Waals surface area (Å²) in [6, 6.07) is 6.71. The van der Waals surface area contributed by atoms with E-state index in [-0.39, 0.29) is 11.5 Å². The summed E-state index contributed by atoms with van der Waals surface area (Å²) in [6.45, 7) is 4.85. The zero-order valence-corrected chi connectivity index (χ0v) is 12.7. The van der Waals surface area contributed by atoms with Gasteiger partial charge in [-0.3, -0.25) is 4.79 Å². The van der Waals surface area contributed by atoms with Gasteiger partial charge in [0.2, 0.25) is 0 Å². The molecule has 0 aliphatic heterocycles. The standard InChI is InChI=1S/C14H17N3O3S/c1-9(2)7-17-13(10-3-5-11(18)6-4-10)15-16-14(17)21-8-12(19)20/h3-6,9,18H,7-8H2,1-2H3,(H,19,20). The first-order chi connectivity index (χ1) is 9.97. The number of hydrogen-bond donors (Lipinski definition) is 2. The van der Waals surface area contributed by atoms with Crippen LogP contribution in [0, 0.1) is 5.92 Å². The molecule has 1 heterocycles. The fourth-order valence-corrected chi connectivity index (χ4v) is 2.54. The maximum Gasteiger partial charge on any atom is 0.313 e. The largest absolute Gasteiger partial charge is 0.508 e. The number of hydrogen-bond acceptors (Lipinski definition) is 5. The minimum absolute atomic E-state index is 0.0498. The fourth-order valence-electron chi connectivity index (χ4n) is 1.88. The zero-order valence-electron chi connectivity index (χ0n) is 11.9. The van der Waals surface area contributed by atoms with Gasteiger partial charge in [-0.2, -0.15) is 0 Å². The highest BCUT2D eigenvalue weighted by molar-refractivity contribution is 7.99. The van der Waals surface area contributed by atoms with E-state index in [1.165, 1.54) is 0 Å². The third kappa shape index (κ3) is 3.98. The molecular formula is C14H17N3O3S. The SMILES string of the molecule is CC(C)Cn1c(SCC(=O)O)nnc1-c1ccc(O)cc1. The molecule has 0 atom stereocenters. The molecule has 0 unspecified atom stereocenters. The summed E-state index contributed by atoms with van der Waals surface area (Å²) in [5, 5.41) is 27.0. The topological polar surface area (TPSA) is 88.2 Å². The molecule has 0 fully saturated rings. The molecule has 1 aromatic heterocycles. The smallest absolute Gasteiger partial charge is 0.313 e. The number of thioether (sulfide) groups is 1. The molecule has 2 rings (SSSR count). The second-order valence-electron chi connectivity index (χ2n) is 5.04. The number of benzene rings is 1. The van der Waals surface area contributed by atoms with Crippen LogP contribution in [0.5, 0.6) is 5.75 Å². The molecule has 0 amide bonds.